The fourth-order valence-electron chi connectivity index (χ4n) is 2.64. The lowest BCUT2D eigenvalue weighted by Gasteiger charge is -2.26. The quantitative estimate of drug-likeness (QED) is 0.912. The standard InChI is InChI=1S/C15H19N5OS/c1-10(14-19-16-9-20(14)2)17-15(21)18-12-7-8-22-13-6-4-3-5-11(12)13/h3-6,9-10,12H,7-8H2,1-2H3,(H2,17,18,21)/t10-,12+/m1/s1. The summed E-state index contributed by atoms with van der Waals surface area (Å²) in [6.07, 6.45) is 2.56. The lowest BCUT2D eigenvalue weighted by Crippen LogP contribution is -2.40. The highest BCUT2D eigenvalue weighted by Crippen LogP contribution is 2.35. The maximum Gasteiger partial charge on any atom is 0.315 e. The number of nitrogens with one attached hydrogen (secondary N) is 2. The van der Waals surface area contributed by atoms with Gasteiger partial charge in [0.25, 0.3) is 0 Å². The van der Waals surface area contributed by atoms with E-state index in [0.29, 0.717) is 0 Å². The third-order valence-electron chi connectivity index (χ3n) is 3.75. The largest absolute Gasteiger partial charge is 0.331 e. The second-order valence-electron chi connectivity index (χ2n) is 5.37. The smallest absolute Gasteiger partial charge is 0.315 e. The van der Waals surface area contributed by atoms with Gasteiger partial charge in [-0.15, -0.1) is 22.0 Å². The summed E-state index contributed by atoms with van der Waals surface area (Å²) in [5, 5.41) is 13.8. The summed E-state index contributed by atoms with van der Waals surface area (Å²) in [4.78, 5) is 13.5. The minimum Gasteiger partial charge on any atom is -0.331 e. The molecule has 7 heteroatoms. The molecule has 1 aromatic carbocycles. The minimum absolute atomic E-state index is 0.0594. The molecule has 0 radical (unpaired) electrons. The van der Waals surface area contributed by atoms with Crippen LogP contribution in [-0.2, 0) is 7.05 Å². The van der Waals surface area contributed by atoms with Gasteiger partial charge >= 0.3 is 6.03 Å². The number of aromatic nitrogens is 3. The van der Waals surface area contributed by atoms with Crippen molar-refractivity contribution in [2.45, 2.75) is 30.3 Å². The van der Waals surface area contributed by atoms with Crippen molar-refractivity contribution in [2.75, 3.05) is 5.75 Å². The summed E-state index contributed by atoms with van der Waals surface area (Å²) >= 11 is 1.84. The predicted octanol–water partition coefficient (Wildman–Crippen LogP) is 2.41. The fraction of sp³-hybridized carbons (Fsp3) is 0.400. The van der Waals surface area contributed by atoms with E-state index in [1.54, 1.807) is 10.9 Å². The van der Waals surface area contributed by atoms with Crippen molar-refractivity contribution < 1.29 is 4.79 Å². The van der Waals surface area contributed by atoms with E-state index >= 15 is 0 Å². The Morgan fingerprint density at radius 3 is 3.05 bits per heavy atom. The summed E-state index contributed by atoms with van der Waals surface area (Å²) < 4.78 is 1.80. The van der Waals surface area contributed by atoms with Crippen LogP contribution in [0.2, 0.25) is 0 Å². The van der Waals surface area contributed by atoms with E-state index in [0.717, 1.165) is 18.0 Å². The number of amides is 2. The highest BCUT2D eigenvalue weighted by Gasteiger charge is 2.23. The summed E-state index contributed by atoms with van der Waals surface area (Å²) in [6.45, 7) is 1.90. The molecule has 0 bridgehead atoms. The van der Waals surface area contributed by atoms with Crippen molar-refractivity contribution in [1.29, 1.82) is 0 Å². The molecule has 0 saturated heterocycles. The monoisotopic (exact) mass is 317 g/mol. The number of urea groups is 1. The summed E-state index contributed by atoms with van der Waals surface area (Å²) in [5.74, 6) is 1.75. The molecule has 22 heavy (non-hydrogen) atoms. The van der Waals surface area contributed by atoms with Crippen LogP contribution in [0.25, 0.3) is 0 Å². The molecule has 0 aliphatic carbocycles. The van der Waals surface area contributed by atoms with Gasteiger partial charge in [-0.1, -0.05) is 18.2 Å². The van der Waals surface area contributed by atoms with Gasteiger partial charge in [0.1, 0.15) is 6.33 Å². The molecule has 2 heterocycles. The molecule has 6 nitrogen and oxygen atoms in total. The Bertz CT molecular complexity index is 671. The first kappa shape index (κ1) is 14.9. The third kappa shape index (κ3) is 3.09. The van der Waals surface area contributed by atoms with Crippen LogP contribution < -0.4 is 10.6 Å². The number of rotatable bonds is 3. The Morgan fingerprint density at radius 1 is 1.45 bits per heavy atom. The Kier molecular flexibility index (Phi) is 4.33. The number of carbonyl (C=O) groups is 1. The molecule has 1 aromatic heterocycles. The normalized spacial score (nSPS) is 18.4. The van der Waals surface area contributed by atoms with E-state index in [2.05, 4.69) is 33.0 Å². The minimum atomic E-state index is -0.194. The molecule has 0 fully saturated rings. The summed E-state index contributed by atoms with van der Waals surface area (Å²) in [7, 11) is 1.86. The van der Waals surface area contributed by atoms with Crippen LogP contribution in [0.3, 0.4) is 0 Å². The van der Waals surface area contributed by atoms with E-state index in [-0.39, 0.29) is 18.1 Å². The lowest BCUT2D eigenvalue weighted by atomic mass is 10.0. The van der Waals surface area contributed by atoms with Crippen molar-refractivity contribution in [3.8, 4) is 0 Å². The van der Waals surface area contributed by atoms with Gasteiger partial charge in [-0.25, -0.2) is 4.79 Å². The molecule has 1 aliphatic rings. The highest BCUT2D eigenvalue weighted by atomic mass is 32.2. The third-order valence-corrected chi connectivity index (χ3v) is 4.87. The van der Waals surface area contributed by atoms with Crippen molar-refractivity contribution in [1.82, 2.24) is 25.4 Å². The van der Waals surface area contributed by atoms with E-state index in [9.17, 15) is 4.79 Å². The van der Waals surface area contributed by atoms with E-state index in [1.165, 1.54) is 10.5 Å². The molecule has 0 unspecified atom stereocenters. The van der Waals surface area contributed by atoms with Gasteiger partial charge in [0.15, 0.2) is 5.82 Å². The number of hydrogen-bond donors (Lipinski definition) is 2. The second kappa shape index (κ2) is 6.39. The van der Waals surface area contributed by atoms with Gasteiger partial charge in [0.05, 0.1) is 12.1 Å². The zero-order valence-electron chi connectivity index (χ0n) is 12.6. The number of thioether (sulfide) groups is 1. The van der Waals surface area contributed by atoms with Crippen LogP contribution in [0.15, 0.2) is 35.5 Å². The average Bonchev–Trinajstić information content (AvgIpc) is 2.94. The number of aryl methyl sites for hydroxylation is 1. The predicted molar refractivity (Wildman–Crippen MR) is 85.6 cm³/mol. The van der Waals surface area contributed by atoms with E-state index < -0.39 is 0 Å². The summed E-state index contributed by atoms with van der Waals surface area (Å²) in [6, 6.07) is 7.92. The van der Waals surface area contributed by atoms with Crippen molar-refractivity contribution in [3.63, 3.8) is 0 Å². The van der Waals surface area contributed by atoms with Crippen LogP contribution in [0.4, 0.5) is 4.79 Å². The Morgan fingerprint density at radius 2 is 2.27 bits per heavy atom. The van der Waals surface area contributed by atoms with Crippen LogP contribution >= 0.6 is 11.8 Å². The Balaban J connectivity index is 1.64. The van der Waals surface area contributed by atoms with Gasteiger partial charge < -0.3 is 15.2 Å². The second-order valence-corrected chi connectivity index (χ2v) is 6.50. The zero-order valence-corrected chi connectivity index (χ0v) is 13.4. The first-order chi connectivity index (χ1) is 10.6. The molecule has 2 N–H and O–H groups in total. The van der Waals surface area contributed by atoms with Gasteiger partial charge in [-0.3, -0.25) is 0 Å². The molecule has 0 saturated carbocycles. The van der Waals surface area contributed by atoms with E-state index in [1.807, 2.05) is 37.9 Å². The number of hydrogen-bond acceptors (Lipinski definition) is 4. The van der Waals surface area contributed by atoms with Crippen LogP contribution in [0.1, 0.15) is 36.8 Å². The summed E-state index contributed by atoms with van der Waals surface area (Å²) in [5.41, 5.74) is 1.19. The molecule has 3 rings (SSSR count). The molecule has 116 valence electrons. The Hall–Kier alpha value is -2.02. The van der Waals surface area contributed by atoms with Gasteiger partial charge in [-0.2, -0.15) is 0 Å². The molecule has 0 spiro atoms. The number of fused-ring (bicyclic) bond motifs is 1. The van der Waals surface area contributed by atoms with Crippen molar-refractivity contribution in [3.05, 3.63) is 42.0 Å². The first-order valence-corrected chi connectivity index (χ1v) is 8.26. The molecule has 2 aromatic rings. The maximum atomic E-state index is 12.3. The molecular weight excluding hydrogens is 298 g/mol. The van der Waals surface area contributed by atoms with Crippen LogP contribution in [0.5, 0.6) is 0 Å². The SMILES string of the molecule is C[C@@H](NC(=O)N[C@H]1CCSc2ccccc21)c1nncn1C. The zero-order chi connectivity index (χ0) is 15.5. The lowest BCUT2D eigenvalue weighted by molar-refractivity contribution is 0.233. The Labute approximate surface area is 133 Å². The highest BCUT2D eigenvalue weighted by molar-refractivity contribution is 7.99. The number of carbonyl (C=O) groups excluding carboxylic acids is 1. The number of nitrogens with zero attached hydrogens (tertiary/aromatic N) is 3. The fourth-order valence-corrected chi connectivity index (χ4v) is 3.76. The van der Waals surface area contributed by atoms with Crippen molar-refractivity contribution >= 4 is 17.8 Å². The first-order valence-electron chi connectivity index (χ1n) is 7.28. The topological polar surface area (TPSA) is 71.8 Å². The molecule has 2 amide bonds. The van der Waals surface area contributed by atoms with Crippen LogP contribution in [-0.4, -0.2) is 26.5 Å². The molecule has 1 aliphatic heterocycles. The van der Waals surface area contributed by atoms with Gasteiger partial charge in [-0.05, 0) is 25.0 Å². The van der Waals surface area contributed by atoms with Crippen molar-refractivity contribution in [2.24, 2.45) is 7.05 Å². The maximum absolute atomic E-state index is 12.3. The average molecular weight is 317 g/mol. The molecular formula is C15H19N5OS. The van der Waals surface area contributed by atoms with Gasteiger partial charge in [0, 0.05) is 17.7 Å². The number of benzene rings is 1. The van der Waals surface area contributed by atoms with E-state index in [4.69, 9.17) is 0 Å². The molecule has 2 atom stereocenters. The van der Waals surface area contributed by atoms with Gasteiger partial charge in [0.2, 0.25) is 0 Å². The van der Waals surface area contributed by atoms with Crippen LogP contribution in [0, 0.1) is 0 Å².